The van der Waals surface area contributed by atoms with Gasteiger partial charge in [-0.15, -0.1) is 0 Å². The van der Waals surface area contributed by atoms with Crippen LogP contribution in [-0.4, -0.2) is 32.1 Å². The van der Waals surface area contributed by atoms with E-state index in [0.717, 1.165) is 16.9 Å². The number of halogens is 1. The van der Waals surface area contributed by atoms with Gasteiger partial charge in [-0.2, -0.15) is 0 Å². The minimum atomic E-state index is -0.376. The van der Waals surface area contributed by atoms with E-state index >= 15 is 0 Å². The molecule has 3 amide bonds. The Kier molecular flexibility index (Phi) is 6.86. The fraction of sp³-hybridized carbons (Fsp3) is 0.263. The second kappa shape index (κ2) is 9.10. The Morgan fingerprint density at radius 1 is 1.12 bits per heavy atom. The maximum absolute atomic E-state index is 11.9. The minimum absolute atomic E-state index is 0.264. The van der Waals surface area contributed by atoms with Crippen molar-refractivity contribution in [1.82, 2.24) is 10.6 Å². The monoisotopic (exact) mass is 375 g/mol. The molecule has 7 heteroatoms. The fourth-order valence-corrected chi connectivity index (χ4v) is 2.70. The van der Waals surface area contributed by atoms with Crippen LogP contribution in [0.1, 0.15) is 21.5 Å². The largest absolute Gasteiger partial charge is 0.491 e. The molecule has 0 aromatic heterocycles. The second-order valence-corrected chi connectivity index (χ2v) is 6.13. The van der Waals surface area contributed by atoms with E-state index in [1.807, 2.05) is 32.0 Å². The highest BCUT2D eigenvalue weighted by Crippen LogP contribution is 2.22. The third kappa shape index (κ3) is 5.13. The van der Waals surface area contributed by atoms with E-state index in [-0.39, 0.29) is 17.0 Å². The second-order valence-electron chi connectivity index (χ2n) is 5.72. The van der Waals surface area contributed by atoms with Crippen LogP contribution < -0.4 is 20.7 Å². The van der Waals surface area contributed by atoms with Gasteiger partial charge in [-0.1, -0.05) is 29.8 Å². The van der Waals surface area contributed by atoms with E-state index < -0.39 is 0 Å². The molecule has 0 bridgehead atoms. The molecule has 0 unspecified atom stereocenters. The quantitative estimate of drug-likeness (QED) is 0.676. The number of para-hydroxylation sites is 1. The van der Waals surface area contributed by atoms with Gasteiger partial charge in [0.15, 0.2) is 0 Å². The highest BCUT2D eigenvalue weighted by atomic mass is 35.5. The highest BCUT2D eigenvalue weighted by molar-refractivity contribution is 6.34. The smallest absolute Gasteiger partial charge is 0.319 e. The van der Waals surface area contributed by atoms with Crippen LogP contribution in [0.5, 0.6) is 5.75 Å². The molecule has 26 heavy (non-hydrogen) atoms. The van der Waals surface area contributed by atoms with Gasteiger partial charge in [0.2, 0.25) is 0 Å². The Morgan fingerprint density at radius 3 is 2.42 bits per heavy atom. The standard InChI is InChI=1S/C19H22ClN3O3/c1-12-5-4-6-13(2)17(12)26-10-9-22-19(25)23-14-7-8-15(16(20)11-14)18(24)21-3/h4-8,11H,9-10H2,1-3H3,(H,21,24)(H2,22,23,25). The molecule has 0 aliphatic heterocycles. The minimum Gasteiger partial charge on any atom is -0.491 e. The topological polar surface area (TPSA) is 79.5 Å². The Balaban J connectivity index is 1.82. The van der Waals surface area contributed by atoms with Crippen molar-refractivity contribution in [1.29, 1.82) is 0 Å². The first-order valence-corrected chi connectivity index (χ1v) is 8.55. The molecule has 0 saturated heterocycles. The summed E-state index contributed by atoms with van der Waals surface area (Å²) in [5, 5.41) is 8.14. The summed E-state index contributed by atoms with van der Waals surface area (Å²) < 4.78 is 5.73. The molecule has 0 atom stereocenters. The van der Waals surface area contributed by atoms with Crippen LogP contribution in [-0.2, 0) is 0 Å². The first kappa shape index (κ1) is 19.6. The van der Waals surface area contributed by atoms with Crippen molar-refractivity contribution in [3.63, 3.8) is 0 Å². The number of aryl methyl sites for hydroxylation is 2. The maximum atomic E-state index is 11.9. The number of hydrogen-bond donors (Lipinski definition) is 3. The number of carbonyl (C=O) groups excluding carboxylic acids is 2. The molecule has 3 N–H and O–H groups in total. The third-order valence-corrected chi connectivity index (χ3v) is 4.05. The average molecular weight is 376 g/mol. The number of urea groups is 1. The average Bonchev–Trinajstić information content (AvgIpc) is 2.60. The lowest BCUT2D eigenvalue weighted by Gasteiger charge is -2.13. The molecule has 0 aliphatic carbocycles. The van der Waals surface area contributed by atoms with E-state index in [4.69, 9.17) is 16.3 Å². The summed E-state index contributed by atoms with van der Waals surface area (Å²) in [5.41, 5.74) is 2.96. The van der Waals surface area contributed by atoms with Crippen molar-refractivity contribution < 1.29 is 14.3 Å². The van der Waals surface area contributed by atoms with Crippen molar-refractivity contribution in [2.45, 2.75) is 13.8 Å². The number of benzene rings is 2. The van der Waals surface area contributed by atoms with Gasteiger partial charge in [-0.25, -0.2) is 4.79 Å². The van der Waals surface area contributed by atoms with E-state index in [0.29, 0.717) is 24.4 Å². The highest BCUT2D eigenvalue weighted by Gasteiger charge is 2.10. The number of hydrogen-bond acceptors (Lipinski definition) is 3. The molecular formula is C19H22ClN3O3. The van der Waals surface area contributed by atoms with Crippen LogP contribution in [0.15, 0.2) is 36.4 Å². The van der Waals surface area contributed by atoms with Crippen LogP contribution in [0.25, 0.3) is 0 Å². The van der Waals surface area contributed by atoms with E-state index in [9.17, 15) is 9.59 Å². The van der Waals surface area contributed by atoms with Crippen molar-refractivity contribution in [2.75, 3.05) is 25.5 Å². The molecule has 2 rings (SSSR count). The molecule has 0 spiro atoms. The van der Waals surface area contributed by atoms with Gasteiger partial charge in [0.25, 0.3) is 5.91 Å². The van der Waals surface area contributed by atoms with Gasteiger partial charge >= 0.3 is 6.03 Å². The molecule has 2 aromatic carbocycles. The molecule has 0 radical (unpaired) electrons. The van der Waals surface area contributed by atoms with Crippen molar-refractivity contribution >= 4 is 29.2 Å². The number of amides is 3. The number of nitrogens with one attached hydrogen (secondary N) is 3. The summed E-state index contributed by atoms with van der Waals surface area (Å²) >= 11 is 6.06. The normalized spacial score (nSPS) is 10.2. The molecule has 2 aromatic rings. The van der Waals surface area contributed by atoms with E-state index in [2.05, 4.69) is 16.0 Å². The summed E-state index contributed by atoms with van der Waals surface area (Å²) in [4.78, 5) is 23.5. The number of ether oxygens (including phenoxy) is 1. The Bertz CT molecular complexity index is 788. The summed E-state index contributed by atoms with van der Waals surface area (Å²) in [6.45, 7) is 4.67. The summed E-state index contributed by atoms with van der Waals surface area (Å²) in [6, 6.07) is 10.3. The lowest BCUT2D eigenvalue weighted by Crippen LogP contribution is -2.32. The molecule has 0 saturated carbocycles. The number of anilines is 1. The summed E-state index contributed by atoms with van der Waals surface area (Å²) in [5.74, 6) is 0.556. The Hall–Kier alpha value is -2.73. The van der Waals surface area contributed by atoms with Gasteiger partial charge < -0.3 is 20.7 Å². The van der Waals surface area contributed by atoms with E-state index in [1.165, 1.54) is 13.1 Å². The zero-order valence-electron chi connectivity index (χ0n) is 15.0. The van der Waals surface area contributed by atoms with Crippen molar-refractivity contribution in [3.05, 3.63) is 58.1 Å². The lowest BCUT2D eigenvalue weighted by molar-refractivity contribution is 0.0963. The van der Waals surface area contributed by atoms with Gasteiger partial charge in [0, 0.05) is 12.7 Å². The Morgan fingerprint density at radius 2 is 1.81 bits per heavy atom. The summed E-state index contributed by atoms with van der Waals surface area (Å²) in [7, 11) is 1.53. The maximum Gasteiger partial charge on any atom is 0.319 e. The van der Waals surface area contributed by atoms with Crippen LogP contribution in [0.2, 0.25) is 5.02 Å². The van der Waals surface area contributed by atoms with Crippen LogP contribution in [0, 0.1) is 13.8 Å². The van der Waals surface area contributed by atoms with Crippen LogP contribution >= 0.6 is 11.6 Å². The predicted molar refractivity (Wildman–Crippen MR) is 103 cm³/mol. The number of carbonyl (C=O) groups is 2. The van der Waals surface area contributed by atoms with Gasteiger partial charge in [0.1, 0.15) is 12.4 Å². The predicted octanol–water partition coefficient (Wildman–Crippen LogP) is 3.52. The zero-order valence-corrected chi connectivity index (χ0v) is 15.7. The SMILES string of the molecule is CNC(=O)c1ccc(NC(=O)NCCOc2c(C)cccc2C)cc1Cl. The number of rotatable bonds is 6. The molecular weight excluding hydrogens is 354 g/mol. The zero-order chi connectivity index (χ0) is 19.1. The first-order chi connectivity index (χ1) is 12.4. The molecule has 138 valence electrons. The van der Waals surface area contributed by atoms with E-state index in [1.54, 1.807) is 12.1 Å². The van der Waals surface area contributed by atoms with Crippen molar-refractivity contribution in [3.8, 4) is 5.75 Å². The molecule has 0 fully saturated rings. The van der Waals surface area contributed by atoms with Gasteiger partial charge in [0.05, 0.1) is 17.1 Å². The lowest BCUT2D eigenvalue weighted by atomic mass is 10.1. The molecule has 6 nitrogen and oxygen atoms in total. The van der Waals surface area contributed by atoms with Crippen LogP contribution in [0.4, 0.5) is 10.5 Å². The van der Waals surface area contributed by atoms with Crippen molar-refractivity contribution in [2.24, 2.45) is 0 Å². The molecule has 0 heterocycles. The Labute approximate surface area is 157 Å². The molecule has 0 aliphatic rings. The van der Waals surface area contributed by atoms with Crippen LogP contribution in [0.3, 0.4) is 0 Å². The fourth-order valence-electron chi connectivity index (χ4n) is 2.43. The third-order valence-electron chi connectivity index (χ3n) is 3.74. The summed E-state index contributed by atoms with van der Waals surface area (Å²) in [6.07, 6.45) is 0. The first-order valence-electron chi connectivity index (χ1n) is 8.18. The van der Waals surface area contributed by atoms with Gasteiger partial charge in [-0.3, -0.25) is 4.79 Å². The van der Waals surface area contributed by atoms with Gasteiger partial charge in [-0.05, 0) is 43.2 Å².